The lowest BCUT2D eigenvalue weighted by Crippen LogP contribution is -1.93. The first-order chi connectivity index (χ1) is 9.06. The second-order valence-electron chi connectivity index (χ2n) is 3.96. The van der Waals surface area contributed by atoms with Crippen molar-refractivity contribution in [2.24, 2.45) is 0 Å². The zero-order valence-corrected chi connectivity index (χ0v) is 11.5. The number of halogens is 1. The molecule has 0 amide bonds. The van der Waals surface area contributed by atoms with E-state index in [0.717, 1.165) is 5.56 Å². The summed E-state index contributed by atoms with van der Waals surface area (Å²) in [7, 11) is 0. The number of carbonyl (C=O) groups excluding carboxylic acids is 1. The number of hydrogen-bond donors (Lipinski definition) is 2. The summed E-state index contributed by atoms with van der Waals surface area (Å²) < 4.78 is 0.569. The summed E-state index contributed by atoms with van der Waals surface area (Å²) in [6.07, 6.45) is 3.07. The zero-order chi connectivity index (χ0) is 13.8. The summed E-state index contributed by atoms with van der Waals surface area (Å²) in [4.78, 5) is 11.9. The van der Waals surface area contributed by atoms with Gasteiger partial charge in [0.25, 0.3) is 0 Å². The molecule has 96 valence electrons. The third kappa shape index (κ3) is 3.45. The van der Waals surface area contributed by atoms with Crippen molar-refractivity contribution in [2.45, 2.75) is 0 Å². The molecule has 0 saturated heterocycles. The molecule has 0 aliphatic carbocycles. The van der Waals surface area contributed by atoms with E-state index >= 15 is 0 Å². The van der Waals surface area contributed by atoms with Crippen molar-refractivity contribution in [1.82, 2.24) is 0 Å². The van der Waals surface area contributed by atoms with E-state index in [9.17, 15) is 15.0 Å². The molecular formula is C15H11BrO3. The molecule has 2 N–H and O–H groups in total. The largest absolute Gasteiger partial charge is 0.508 e. The molecule has 0 saturated carbocycles. The van der Waals surface area contributed by atoms with Crippen LogP contribution >= 0.6 is 15.9 Å². The maximum absolute atomic E-state index is 11.9. The molecule has 19 heavy (non-hydrogen) atoms. The van der Waals surface area contributed by atoms with Gasteiger partial charge in [0.2, 0.25) is 0 Å². The second-order valence-corrected chi connectivity index (χ2v) is 4.81. The average molecular weight is 319 g/mol. The van der Waals surface area contributed by atoms with Crippen molar-refractivity contribution in [3.05, 3.63) is 64.1 Å². The first-order valence-corrected chi connectivity index (χ1v) is 6.35. The van der Waals surface area contributed by atoms with Gasteiger partial charge in [0.1, 0.15) is 11.5 Å². The minimum atomic E-state index is -0.194. The Morgan fingerprint density at radius 3 is 2.58 bits per heavy atom. The van der Waals surface area contributed by atoms with Crippen LogP contribution in [-0.2, 0) is 0 Å². The van der Waals surface area contributed by atoms with E-state index in [1.165, 1.54) is 18.2 Å². The fourth-order valence-electron chi connectivity index (χ4n) is 1.55. The molecule has 2 rings (SSSR count). The monoisotopic (exact) mass is 318 g/mol. The van der Waals surface area contributed by atoms with Gasteiger partial charge in [-0.1, -0.05) is 24.3 Å². The van der Waals surface area contributed by atoms with E-state index in [1.807, 2.05) is 0 Å². The molecular weight excluding hydrogens is 308 g/mol. The van der Waals surface area contributed by atoms with Crippen LogP contribution in [0.3, 0.4) is 0 Å². The molecule has 0 fully saturated rings. The number of ketones is 1. The summed E-state index contributed by atoms with van der Waals surface area (Å²) in [5, 5.41) is 18.7. The molecule has 0 atom stereocenters. The van der Waals surface area contributed by atoms with Gasteiger partial charge in [0.15, 0.2) is 5.78 Å². The van der Waals surface area contributed by atoms with Crippen molar-refractivity contribution in [2.75, 3.05) is 0 Å². The maximum atomic E-state index is 11.9. The smallest absolute Gasteiger partial charge is 0.185 e. The highest BCUT2D eigenvalue weighted by molar-refractivity contribution is 9.10. The second kappa shape index (κ2) is 5.71. The zero-order valence-electron chi connectivity index (χ0n) is 9.88. The van der Waals surface area contributed by atoms with Crippen molar-refractivity contribution in [3.8, 4) is 11.5 Å². The third-order valence-corrected chi connectivity index (χ3v) is 3.16. The Morgan fingerprint density at radius 2 is 1.89 bits per heavy atom. The summed E-state index contributed by atoms with van der Waals surface area (Å²) in [5.74, 6) is 0.0168. The van der Waals surface area contributed by atoms with Crippen molar-refractivity contribution in [3.63, 3.8) is 0 Å². The first kappa shape index (κ1) is 13.4. The summed E-state index contributed by atoms with van der Waals surface area (Å²) >= 11 is 3.21. The highest BCUT2D eigenvalue weighted by atomic mass is 79.9. The van der Waals surface area contributed by atoms with Gasteiger partial charge in [-0.15, -0.1) is 0 Å². The Balaban J connectivity index is 2.18. The number of hydrogen-bond acceptors (Lipinski definition) is 3. The van der Waals surface area contributed by atoms with Crippen LogP contribution in [0.1, 0.15) is 15.9 Å². The van der Waals surface area contributed by atoms with Gasteiger partial charge >= 0.3 is 0 Å². The van der Waals surface area contributed by atoms with Gasteiger partial charge in [-0.25, -0.2) is 0 Å². The van der Waals surface area contributed by atoms with Crippen LogP contribution in [0.15, 0.2) is 53.0 Å². The van der Waals surface area contributed by atoms with Gasteiger partial charge < -0.3 is 10.2 Å². The standard InChI is InChI=1S/C15H11BrO3/c16-13-8-10(5-7-15(13)19)4-6-14(18)11-2-1-3-12(17)9-11/h1-9,17,19H. The Kier molecular flexibility index (Phi) is 4.02. The minimum Gasteiger partial charge on any atom is -0.508 e. The van der Waals surface area contributed by atoms with E-state index in [2.05, 4.69) is 15.9 Å². The molecule has 2 aromatic rings. The summed E-state index contributed by atoms with van der Waals surface area (Å²) in [5.41, 5.74) is 1.22. The number of phenols is 2. The van der Waals surface area contributed by atoms with Crippen LogP contribution in [0.5, 0.6) is 11.5 Å². The lowest BCUT2D eigenvalue weighted by atomic mass is 10.1. The number of benzene rings is 2. The number of carbonyl (C=O) groups is 1. The van der Waals surface area contributed by atoms with E-state index in [0.29, 0.717) is 10.0 Å². The Hall–Kier alpha value is -2.07. The molecule has 2 aromatic carbocycles. The molecule has 0 unspecified atom stereocenters. The molecule has 3 nitrogen and oxygen atoms in total. The van der Waals surface area contributed by atoms with Gasteiger partial charge in [-0.3, -0.25) is 4.79 Å². The molecule has 0 aliphatic rings. The van der Waals surface area contributed by atoms with E-state index in [1.54, 1.807) is 36.4 Å². The fourth-order valence-corrected chi connectivity index (χ4v) is 1.95. The molecule has 0 bridgehead atoms. The third-order valence-electron chi connectivity index (χ3n) is 2.53. The summed E-state index contributed by atoms with van der Waals surface area (Å²) in [6, 6.07) is 11.1. The highest BCUT2D eigenvalue weighted by Gasteiger charge is 2.02. The SMILES string of the molecule is O=C(C=Cc1ccc(O)c(Br)c1)c1cccc(O)c1. The molecule has 0 heterocycles. The van der Waals surface area contributed by atoms with Crippen LogP contribution < -0.4 is 0 Å². The number of phenolic OH excluding ortho intramolecular Hbond substituents is 2. The van der Waals surface area contributed by atoms with Gasteiger partial charge in [0.05, 0.1) is 4.47 Å². The topological polar surface area (TPSA) is 57.5 Å². The Bertz CT molecular complexity index is 648. The number of allylic oxidation sites excluding steroid dienone is 1. The van der Waals surface area contributed by atoms with Crippen molar-refractivity contribution in [1.29, 1.82) is 0 Å². The van der Waals surface area contributed by atoms with Crippen LogP contribution in [0, 0.1) is 0 Å². The van der Waals surface area contributed by atoms with E-state index < -0.39 is 0 Å². The maximum Gasteiger partial charge on any atom is 0.185 e. The highest BCUT2D eigenvalue weighted by Crippen LogP contribution is 2.24. The molecule has 0 aliphatic heterocycles. The number of rotatable bonds is 3. The number of aromatic hydroxyl groups is 2. The first-order valence-electron chi connectivity index (χ1n) is 5.56. The van der Waals surface area contributed by atoms with Crippen LogP contribution in [0.4, 0.5) is 0 Å². The van der Waals surface area contributed by atoms with E-state index in [-0.39, 0.29) is 17.3 Å². The van der Waals surface area contributed by atoms with Gasteiger partial charge in [-0.2, -0.15) is 0 Å². The van der Waals surface area contributed by atoms with Gasteiger partial charge in [-0.05, 0) is 51.8 Å². The predicted molar refractivity (Wildman–Crippen MR) is 77.3 cm³/mol. The minimum absolute atomic E-state index is 0.0617. The predicted octanol–water partition coefficient (Wildman–Crippen LogP) is 3.76. The average Bonchev–Trinajstić information content (AvgIpc) is 2.40. The van der Waals surface area contributed by atoms with E-state index in [4.69, 9.17) is 0 Å². The Labute approximate surface area is 119 Å². The lowest BCUT2D eigenvalue weighted by molar-refractivity contribution is 0.104. The van der Waals surface area contributed by atoms with Crippen molar-refractivity contribution < 1.29 is 15.0 Å². The summed E-state index contributed by atoms with van der Waals surface area (Å²) in [6.45, 7) is 0. The molecule has 0 radical (unpaired) electrons. The normalized spacial score (nSPS) is 10.8. The molecule has 4 heteroatoms. The van der Waals surface area contributed by atoms with Crippen LogP contribution in [-0.4, -0.2) is 16.0 Å². The lowest BCUT2D eigenvalue weighted by Gasteiger charge is -1.99. The Morgan fingerprint density at radius 1 is 1.11 bits per heavy atom. The van der Waals surface area contributed by atoms with Crippen LogP contribution in [0.2, 0.25) is 0 Å². The quantitative estimate of drug-likeness (QED) is 0.669. The molecule has 0 aromatic heterocycles. The molecule has 0 spiro atoms. The van der Waals surface area contributed by atoms with Gasteiger partial charge in [0, 0.05) is 5.56 Å². The van der Waals surface area contributed by atoms with Crippen LogP contribution in [0.25, 0.3) is 6.08 Å². The van der Waals surface area contributed by atoms with Crippen molar-refractivity contribution >= 4 is 27.8 Å². The fraction of sp³-hybridized carbons (Fsp3) is 0.